The van der Waals surface area contributed by atoms with Gasteiger partial charge in [-0.05, 0) is 61.0 Å². The second-order valence-electron chi connectivity index (χ2n) is 7.92. The van der Waals surface area contributed by atoms with Crippen molar-refractivity contribution >= 4 is 53.9 Å². The molecule has 1 N–H and O–H groups in total. The van der Waals surface area contributed by atoms with Gasteiger partial charge in [0.15, 0.2) is 0 Å². The van der Waals surface area contributed by atoms with Gasteiger partial charge in [-0.3, -0.25) is 9.03 Å². The minimum atomic E-state index is -3.91. The number of rotatable bonds is 5. The van der Waals surface area contributed by atoms with Crippen molar-refractivity contribution in [1.29, 1.82) is 0 Å². The van der Waals surface area contributed by atoms with E-state index >= 15 is 0 Å². The van der Waals surface area contributed by atoms with E-state index < -0.39 is 20.0 Å². The Morgan fingerprint density at radius 2 is 1.71 bits per heavy atom. The molecule has 7 nitrogen and oxygen atoms in total. The summed E-state index contributed by atoms with van der Waals surface area (Å²) in [4.78, 5) is 4.67. The van der Waals surface area contributed by atoms with E-state index in [2.05, 4.69) is 9.71 Å². The number of hydrogen-bond acceptors (Lipinski definition) is 5. The molecule has 10 heteroatoms. The Bertz CT molecular complexity index is 1610. The molecule has 4 aromatic rings. The second-order valence-corrected chi connectivity index (χ2v) is 12.0. The van der Waals surface area contributed by atoms with Gasteiger partial charge in [0.05, 0.1) is 32.6 Å². The van der Waals surface area contributed by atoms with Crippen LogP contribution in [0.1, 0.15) is 6.42 Å². The molecule has 1 aliphatic rings. The number of sulfonamides is 2. The molecule has 0 saturated carbocycles. The average molecular weight is 514 g/mol. The Morgan fingerprint density at radius 1 is 0.941 bits per heavy atom. The van der Waals surface area contributed by atoms with Crippen LogP contribution in [-0.4, -0.2) is 34.1 Å². The van der Waals surface area contributed by atoms with Crippen molar-refractivity contribution in [3.63, 3.8) is 0 Å². The quantitative estimate of drug-likeness (QED) is 0.409. The van der Waals surface area contributed by atoms with Crippen LogP contribution in [-0.2, 0) is 20.0 Å². The molecule has 0 aliphatic carbocycles. The van der Waals surface area contributed by atoms with Gasteiger partial charge in [0.1, 0.15) is 0 Å². The maximum atomic E-state index is 13.0. The first-order valence-corrected chi connectivity index (χ1v) is 14.0. The highest BCUT2D eigenvalue weighted by molar-refractivity contribution is 7.93. The number of para-hydroxylation sites is 1. The second kappa shape index (κ2) is 8.57. The van der Waals surface area contributed by atoms with Gasteiger partial charge < -0.3 is 0 Å². The van der Waals surface area contributed by atoms with E-state index in [4.69, 9.17) is 11.6 Å². The van der Waals surface area contributed by atoms with Crippen LogP contribution >= 0.6 is 11.6 Å². The highest BCUT2D eigenvalue weighted by Crippen LogP contribution is 2.32. The maximum Gasteiger partial charge on any atom is 0.261 e. The van der Waals surface area contributed by atoms with Crippen molar-refractivity contribution in [3.8, 4) is 11.3 Å². The van der Waals surface area contributed by atoms with Crippen LogP contribution in [0.3, 0.4) is 0 Å². The summed E-state index contributed by atoms with van der Waals surface area (Å²) in [7, 11) is -7.25. The molecular formula is C24H20ClN3O4S2. The molecule has 5 rings (SSSR count). The van der Waals surface area contributed by atoms with Crippen molar-refractivity contribution < 1.29 is 16.8 Å². The zero-order chi connectivity index (χ0) is 23.9. The third-order valence-electron chi connectivity index (χ3n) is 5.63. The first kappa shape index (κ1) is 22.6. The fraction of sp³-hybridized carbons (Fsp3) is 0.125. The van der Waals surface area contributed by atoms with E-state index in [9.17, 15) is 16.8 Å². The van der Waals surface area contributed by atoms with Crippen molar-refractivity contribution in [3.05, 3.63) is 83.9 Å². The number of aromatic nitrogens is 1. The van der Waals surface area contributed by atoms with E-state index in [1.165, 1.54) is 28.6 Å². The molecule has 3 aromatic carbocycles. The van der Waals surface area contributed by atoms with Crippen molar-refractivity contribution in [2.45, 2.75) is 11.3 Å². The minimum absolute atomic E-state index is 0.0215. The number of pyridine rings is 1. The van der Waals surface area contributed by atoms with E-state index in [1.807, 2.05) is 36.4 Å². The van der Waals surface area contributed by atoms with Gasteiger partial charge in [-0.25, -0.2) is 21.8 Å². The first-order chi connectivity index (χ1) is 16.2. The van der Waals surface area contributed by atoms with Crippen LogP contribution in [0.5, 0.6) is 0 Å². The number of benzene rings is 3. The number of nitrogens with one attached hydrogen (secondary N) is 1. The van der Waals surface area contributed by atoms with Crippen LogP contribution in [0.2, 0.25) is 5.02 Å². The number of halogens is 1. The summed E-state index contributed by atoms with van der Waals surface area (Å²) in [6.07, 6.45) is 0.551. The number of fused-ring (bicyclic) bond motifs is 1. The Labute approximate surface area is 203 Å². The van der Waals surface area contributed by atoms with Crippen molar-refractivity contribution in [1.82, 2.24) is 4.98 Å². The Morgan fingerprint density at radius 3 is 2.44 bits per heavy atom. The summed E-state index contributed by atoms with van der Waals surface area (Å²) < 4.78 is 54.1. The molecule has 0 unspecified atom stereocenters. The SMILES string of the molecule is O=S(=O)(Nc1ccc(Cl)c(-c2ccc3ccccc3n2)c1)c1ccc(N2CCCS2(=O)=O)cc1. The molecule has 0 amide bonds. The average Bonchev–Trinajstić information content (AvgIpc) is 3.19. The smallest absolute Gasteiger partial charge is 0.261 e. The van der Waals surface area contributed by atoms with Crippen molar-refractivity contribution in [2.24, 2.45) is 0 Å². The molecule has 0 spiro atoms. The summed E-state index contributed by atoms with van der Waals surface area (Å²) in [5.74, 6) is 0.0968. The van der Waals surface area contributed by atoms with E-state index in [1.54, 1.807) is 18.2 Å². The van der Waals surface area contributed by atoms with Crippen LogP contribution in [0.4, 0.5) is 11.4 Å². The highest BCUT2D eigenvalue weighted by Gasteiger charge is 2.28. The monoisotopic (exact) mass is 513 g/mol. The zero-order valence-electron chi connectivity index (χ0n) is 17.8. The zero-order valence-corrected chi connectivity index (χ0v) is 20.2. The van der Waals surface area contributed by atoms with E-state index in [0.29, 0.717) is 40.6 Å². The largest absolute Gasteiger partial charge is 0.280 e. The fourth-order valence-electron chi connectivity index (χ4n) is 3.94. The Balaban J connectivity index is 1.42. The third-order valence-corrected chi connectivity index (χ3v) is 9.22. The summed E-state index contributed by atoms with van der Waals surface area (Å²) in [6.45, 7) is 0.392. The molecular weight excluding hydrogens is 494 g/mol. The van der Waals surface area contributed by atoms with Gasteiger partial charge in [0.2, 0.25) is 10.0 Å². The molecule has 2 heterocycles. The van der Waals surface area contributed by atoms with Gasteiger partial charge in [-0.2, -0.15) is 0 Å². The molecule has 0 radical (unpaired) electrons. The molecule has 1 saturated heterocycles. The number of nitrogens with zero attached hydrogens (tertiary/aromatic N) is 2. The fourth-order valence-corrected chi connectivity index (χ4v) is 6.76. The van der Waals surface area contributed by atoms with Crippen LogP contribution in [0, 0.1) is 0 Å². The predicted octanol–water partition coefficient (Wildman–Crippen LogP) is 4.90. The minimum Gasteiger partial charge on any atom is -0.280 e. The molecule has 174 valence electrons. The molecule has 1 fully saturated rings. The van der Waals surface area contributed by atoms with Gasteiger partial charge >= 0.3 is 0 Å². The maximum absolute atomic E-state index is 13.0. The van der Waals surface area contributed by atoms with Gasteiger partial charge in [-0.1, -0.05) is 35.9 Å². The van der Waals surface area contributed by atoms with Crippen LogP contribution in [0.25, 0.3) is 22.2 Å². The summed E-state index contributed by atoms with van der Waals surface area (Å²) in [5.41, 5.74) is 2.82. The molecule has 1 aromatic heterocycles. The normalized spacial score (nSPS) is 15.5. The predicted molar refractivity (Wildman–Crippen MR) is 135 cm³/mol. The van der Waals surface area contributed by atoms with E-state index in [0.717, 1.165) is 10.9 Å². The lowest BCUT2D eigenvalue weighted by atomic mass is 10.1. The van der Waals surface area contributed by atoms with Gasteiger partial charge in [-0.15, -0.1) is 0 Å². The number of hydrogen-bond donors (Lipinski definition) is 1. The topological polar surface area (TPSA) is 96.4 Å². The lowest BCUT2D eigenvalue weighted by Crippen LogP contribution is -2.25. The molecule has 1 aliphatic heterocycles. The first-order valence-electron chi connectivity index (χ1n) is 10.5. The van der Waals surface area contributed by atoms with Crippen LogP contribution in [0.15, 0.2) is 83.8 Å². The number of anilines is 2. The van der Waals surface area contributed by atoms with Crippen molar-refractivity contribution in [2.75, 3.05) is 21.3 Å². The van der Waals surface area contributed by atoms with Gasteiger partial charge in [0, 0.05) is 23.2 Å². The Kier molecular flexibility index (Phi) is 5.71. The third kappa shape index (κ3) is 4.34. The summed E-state index contributed by atoms with van der Waals surface area (Å²) >= 11 is 6.40. The summed E-state index contributed by atoms with van der Waals surface area (Å²) in [6, 6.07) is 22.1. The van der Waals surface area contributed by atoms with Gasteiger partial charge in [0.25, 0.3) is 10.0 Å². The lowest BCUT2D eigenvalue weighted by Gasteiger charge is -2.17. The van der Waals surface area contributed by atoms with E-state index in [-0.39, 0.29) is 10.6 Å². The standard InChI is InChI=1S/C24H20ClN3O4S2/c25-22-12-7-18(16-21(22)24-13-6-17-4-1-2-5-23(17)26-24)27-34(31,32)20-10-8-19(9-11-20)28-14-3-15-33(28,29)30/h1-2,4-13,16,27H,3,14-15H2. The summed E-state index contributed by atoms with van der Waals surface area (Å²) in [5, 5.41) is 1.44. The molecule has 34 heavy (non-hydrogen) atoms. The van der Waals surface area contributed by atoms with Crippen LogP contribution < -0.4 is 9.03 Å². The molecule has 0 atom stereocenters. The molecule has 0 bridgehead atoms. The lowest BCUT2D eigenvalue weighted by molar-refractivity contribution is 0.599. The Hall–Kier alpha value is -3.14. The highest BCUT2D eigenvalue weighted by atomic mass is 35.5.